The highest BCUT2D eigenvalue weighted by Gasteiger charge is 2.14. The van der Waals surface area contributed by atoms with Gasteiger partial charge in [-0.2, -0.15) is 0 Å². The summed E-state index contributed by atoms with van der Waals surface area (Å²) in [7, 11) is 0. The first-order chi connectivity index (χ1) is 8.52. The molecule has 0 aliphatic carbocycles. The van der Waals surface area contributed by atoms with Crippen molar-refractivity contribution in [2.45, 2.75) is 20.3 Å². The molecule has 0 bridgehead atoms. The molecule has 96 valence electrons. The summed E-state index contributed by atoms with van der Waals surface area (Å²) >= 11 is 0. The summed E-state index contributed by atoms with van der Waals surface area (Å²) in [4.78, 5) is 4.17. The lowest BCUT2D eigenvalue weighted by molar-refractivity contribution is 0.611. The highest BCUT2D eigenvalue weighted by Crippen LogP contribution is 2.28. The molecule has 18 heavy (non-hydrogen) atoms. The molecule has 0 radical (unpaired) electrons. The number of anilines is 1. The summed E-state index contributed by atoms with van der Waals surface area (Å²) < 4.78 is 27.4. The van der Waals surface area contributed by atoms with Crippen LogP contribution in [0.5, 0.6) is 0 Å². The van der Waals surface area contributed by atoms with Gasteiger partial charge in [-0.3, -0.25) is 5.84 Å². The number of fused-ring (bicyclic) bond motifs is 1. The van der Waals surface area contributed by atoms with E-state index in [0.29, 0.717) is 23.7 Å². The molecule has 0 saturated carbocycles. The fourth-order valence-corrected chi connectivity index (χ4v) is 1.96. The van der Waals surface area contributed by atoms with E-state index in [4.69, 9.17) is 5.84 Å². The average Bonchev–Trinajstić information content (AvgIpc) is 2.32. The Labute approximate surface area is 104 Å². The highest BCUT2D eigenvalue weighted by atomic mass is 19.1. The molecule has 2 rings (SSSR count). The molecule has 0 aliphatic heterocycles. The van der Waals surface area contributed by atoms with Gasteiger partial charge >= 0.3 is 0 Å². The number of pyridine rings is 1. The van der Waals surface area contributed by atoms with Crippen LogP contribution < -0.4 is 11.3 Å². The lowest BCUT2D eigenvalue weighted by atomic mass is 10.1. The molecule has 0 saturated heterocycles. The van der Waals surface area contributed by atoms with Gasteiger partial charge in [0.05, 0.1) is 11.1 Å². The number of aromatic nitrogens is 1. The number of nitrogens with two attached hydrogens (primary N) is 1. The second-order valence-corrected chi connectivity index (χ2v) is 4.66. The number of hydrazine groups is 1. The van der Waals surface area contributed by atoms with Crippen molar-refractivity contribution in [3.05, 3.63) is 35.5 Å². The van der Waals surface area contributed by atoms with Crippen molar-refractivity contribution in [2.24, 2.45) is 11.8 Å². The van der Waals surface area contributed by atoms with Gasteiger partial charge in [0.1, 0.15) is 17.2 Å². The molecular formula is C13H15F2N3. The molecule has 0 unspecified atom stereocenters. The zero-order valence-electron chi connectivity index (χ0n) is 10.3. The van der Waals surface area contributed by atoms with Gasteiger partial charge in [0.15, 0.2) is 0 Å². The molecule has 1 aromatic heterocycles. The number of hydrogen-bond donors (Lipinski definition) is 2. The van der Waals surface area contributed by atoms with Gasteiger partial charge in [0.2, 0.25) is 0 Å². The van der Waals surface area contributed by atoms with E-state index in [-0.39, 0.29) is 10.9 Å². The van der Waals surface area contributed by atoms with Gasteiger partial charge in [-0.1, -0.05) is 13.8 Å². The van der Waals surface area contributed by atoms with Crippen molar-refractivity contribution in [3.63, 3.8) is 0 Å². The summed E-state index contributed by atoms with van der Waals surface area (Å²) in [5, 5.41) is 0.0880. The molecule has 5 heteroatoms. The van der Waals surface area contributed by atoms with Crippen molar-refractivity contribution in [1.29, 1.82) is 0 Å². The number of nitrogen functional groups attached to an aromatic ring is 1. The summed E-state index contributed by atoms with van der Waals surface area (Å²) in [6.45, 7) is 4.06. The molecule has 0 atom stereocenters. The van der Waals surface area contributed by atoms with E-state index in [9.17, 15) is 8.78 Å². The van der Waals surface area contributed by atoms with Gasteiger partial charge in [0, 0.05) is 5.69 Å². The molecule has 3 nitrogen and oxygen atoms in total. The number of halogens is 2. The Morgan fingerprint density at radius 3 is 2.56 bits per heavy atom. The van der Waals surface area contributed by atoms with Crippen molar-refractivity contribution >= 4 is 16.6 Å². The first-order valence-corrected chi connectivity index (χ1v) is 5.77. The Balaban J connectivity index is 2.71. The lowest BCUT2D eigenvalue weighted by Gasteiger charge is -2.11. The normalized spacial score (nSPS) is 11.2. The smallest absolute Gasteiger partial charge is 0.149 e. The minimum atomic E-state index is -0.548. The van der Waals surface area contributed by atoms with E-state index in [1.165, 1.54) is 0 Å². The second-order valence-electron chi connectivity index (χ2n) is 4.66. The third-order valence-electron chi connectivity index (χ3n) is 2.69. The summed E-state index contributed by atoms with van der Waals surface area (Å²) in [5.41, 5.74) is 3.46. The first kappa shape index (κ1) is 12.7. The molecule has 3 N–H and O–H groups in total. The van der Waals surface area contributed by atoms with E-state index < -0.39 is 11.6 Å². The molecule has 2 aromatic rings. The SMILES string of the molecule is CC(C)Cc1cc(NN)c2c(F)ccc(F)c2n1. The lowest BCUT2D eigenvalue weighted by Crippen LogP contribution is -2.10. The minimum absolute atomic E-state index is 0.0149. The molecule has 0 fully saturated rings. The molecule has 1 aromatic carbocycles. The monoisotopic (exact) mass is 251 g/mol. The zero-order valence-corrected chi connectivity index (χ0v) is 10.3. The van der Waals surface area contributed by atoms with E-state index in [1.54, 1.807) is 6.07 Å². The van der Waals surface area contributed by atoms with E-state index in [1.807, 2.05) is 13.8 Å². The quantitative estimate of drug-likeness (QED) is 0.651. The fourth-order valence-electron chi connectivity index (χ4n) is 1.96. The molecule has 1 heterocycles. The molecule has 0 amide bonds. The maximum Gasteiger partial charge on any atom is 0.149 e. The van der Waals surface area contributed by atoms with Crippen LogP contribution in [0.4, 0.5) is 14.5 Å². The van der Waals surface area contributed by atoms with Gasteiger partial charge in [0.25, 0.3) is 0 Å². The number of benzene rings is 1. The summed E-state index contributed by atoms with van der Waals surface area (Å²) in [6.07, 6.45) is 0.681. The predicted molar refractivity (Wildman–Crippen MR) is 68.0 cm³/mol. The predicted octanol–water partition coefficient (Wildman–Crippen LogP) is 3.00. The fraction of sp³-hybridized carbons (Fsp3) is 0.308. The van der Waals surface area contributed by atoms with Crippen LogP contribution in [0, 0.1) is 17.6 Å². The van der Waals surface area contributed by atoms with Crippen LogP contribution in [0.1, 0.15) is 19.5 Å². The van der Waals surface area contributed by atoms with Gasteiger partial charge in [-0.25, -0.2) is 13.8 Å². The largest absolute Gasteiger partial charge is 0.323 e. The van der Waals surface area contributed by atoms with Crippen molar-refractivity contribution in [1.82, 2.24) is 4.98 Å². The minimum Gasteiger partial charge on any atom is -0.323 e. The van der Waals surface area contributed by atoms with Gasteiger partial charge in [-0.15, -0.1) is 0 Å². The Hall–Kier alpha value is -1.75. The Morgan fingerprint density at radius 1 is 1.28 bits per heavy atom. The third kappa shape index (κ3) is 2.26. The van der Waals surface area contributed by atoms with Crippen molar-refractivity contribution < 1.29 is 8.78 Å². The Bertz CT molecular complexity index is 582. The molecular weight excluding hydrogens is 236 g/mol. The van der Waals surface area contributed by atoms with Crippen LogP contribution in [0.15, 0.2) is 18.2 Å². The van der Waals surface area contributed by atoms with E-state index in [0.717, 1.165) is 12.1 Å². The Morgan fingerprint density at radius 2 is 1.94 bits per heavy atom. The van der Waals surface area contributed by atoms with Crippen LogP contribution in [0.2, 0.25) is 0 Å². The number of nitrogens with zero attached hydrogens (tertiary/aromatic N) is 1. The van der Waals surface area contributed by atoms with E-state index in [2.05, 4.69) is 10.4 Å². The number of rotatable bonds is 3. The van der Waals surface area contributed by atoms with Gasteiger partial charge in [-0.05, 0) is 30.5 Å². The maximum absolute atomic E-state index is 13.7. The topological polar surface area (TPSA) is 50.9 Å². The standard InChI is InChI=1S/C13H15F2N3/c1-7(2)5-8-6-11(18-16)12-9(14)3-4-10(15)13(12)17-8/h3-4,6-7H,5,16H2,1-2H3,(H,17,18). The first-order valence-electron chi connectivity index (χ1n) is 5.77. The zero-order chi connectivity index (χ0) is 13.3. The Kier molecular flexibility index (Phi) is 3.43. The summed E-state index contributed by atoms with van der Waals surface area (Å²) in [5.74, 6) is 4.65. The highest BCUT2D eigenvalue weighted by molar-refractivity contribution is 5.92. The van der Waals surface area contributed by atoms with Crippen molar-refractivity contribution in [2.75, 3.05) is 5.43 Å². The second kappa shape index (κ2) is 4.86. The average molecular weight is 251 g/mol. The maximum atomic E-state index is 13.7. The summed E-state index contributed by atoms with van der Waals surface area (Å²) in [6, 6.07) is 3.80. The third-order valence-corrected chi connectivity index (χ3v) is 2.69. The number of hydrogen-bond acceptors (Lipinski definition) is 3. The van der Waals surface area contributed by atoms with Crippen LogP contribution in [0.25, 0.3) is 10.9 Å². The van der Waals surface area contributed by atoms with Crippen LogP contribution >= 0.6 is 0 Å². The molecule has 0 aliphatic rings. The van der Waals surface area contributed by atoms with Crippen LogP contribution in [-0.2, 0) is 6.42 Å². The molecule has 0 spiro atoms. The van der Waals surface area contributed by atoms with Crippen LogP contribution in [0.3, 0.4) is 0 Å². The number of nitrogens with one attached hydrogen (secondary N) is 1. The van der Waals surface area contributed by atoms with Gasteiger partial charge < -0.3 is 5.43 Å². The van der Waals surface area contributed by atoms with E-state index >= 15 is 0 Å². The van der Waals surface area contributed by atoms with Crippen molar-refractivity contribution in [3.8, 4) is 0 Å². The van der Waals surface area contributed by atoms with Crippen LogP contribution in [-0.4, -0.2) is 4.98 Å².